The van der Waals surface area contributed by atoms with Gasteiger partial charge in [-0.25, -0.2) is 0 Å². The largest absolute Gasteiger partial charge is 0.466 e. The van der Waals surface area contributed by atoms with Crippen LogP contribution in [0.25, 0.3) is 0 Å². The molecular formula is C14H28N2O3. The molecule has 0 saturated heterocycles. The lowest BCUT2D eigenvalue weighted by Crippen LogP contribution is -2.44. The first-order chi connectivity index (χ1) is 9.02. The summed E-state index contributed by atoms with van der Waals surface area (Å²) in [6.07, 6.45) is 3.61. The van der Waals surface area contributed by atoms with Gasteiger partial charge in [0, 0.05) is 13.1 Å². The summed E-state index contributed by atoms with van der Waals surface area (Å²) < 4.78 is 4.86. The van der Waals surface area contributed by atoms with Crippen LogP contribution in [0.5, 0.6) is 0 Å². The van der Waals surface area contributed by atoms with Gasteiger partial charge in [-0.3, -0.25) is 14.5 Å². The van der Waals surface area contributed by atoms with Gasteiger partial charge in [-0.05, 0) is 27.3 Å². The van der Waals surface area contributed by atoms with E-state index >= 15 is 0 Å². The Bertz CT molecular complexity index is 269. The second-order valence-electron chi connectivity index (χ2n) is 4.71. The Morgan fingerprint density at radius 3 is 2.53 bits per heavy atom. The zero-order valence-electron chi connectivity index (χ0n) is 12.7. The smallest absolute Gasteiger partial charge is 0.307 e. The predicted molar refractivity (Wildman–Crippen MR) is 75.9 cm³/mol. The van der Waals surface area contributed by atoms with E-state index in [-0.39, 0.29) is 17.9 Å². The highest BCUT2D eigenvalue weighted by atomic mass is 16.5. The lowest BCUT2D eigenvalue weighted by atomic mass is 10.2. The molecule has 0 radical (unpaired) electrons. The van der Waals surface area contributed by atoms with E-state index in [0.29, 0.717) is 19.6 Å². The molecule has 0 spiro atoms. The molecule has 0 aliphatic heterocycles. The first-order valence-corrected chi connectivity index (χ1v) is 7.16. The van der Waals surface area contributed by atoms with Crippen LogP contribution in [0.15, 0.2) is 0 Å². The number of ether oxygens (including phenoxy) is 1. The van der Waals surface area contributed by atoms with Crippen molar-refractivity contribution in [3.05, 3.63) is 0 Å². The van der Waals surface area contributed by atoms with Gasteiger partial charge >= 0.3 is 5.97 Å². The first-order valence-electron chi connectivity index (χ1n) is 7.16. The van der Waals surface area contributed by atoms with Crippen molar-refractivity contribution in [1.29, 1.82) is 0 Å². The Labute approximate surface area is 116 Å². The number of carbonyl (C=O) groups is 2. The van der Waals surface area contributed by atoms with Crippen molar-refractivity contribution in [3.8, 4) is 0 Å². The molecule has 0 rings (SSSR count). The SMILES string of the molecule is CCCCCNC(=O)C(C)N(C)CCC(=O)OCC. The third kappa shape index (κ3) is 8.59. The number of hydrogen-bond acceptors (Lipinski definition) is 4. The zero-order valence-corrected chi connectivity index (χ0v) is 12.7. The molecule has 0 aliphatic carbocycles. The van der Waals surface area contributed by atoms with Crippen molar-refractivity contribution in [2.24, 2.45) is 0 Å². The summed E-state index contributed by atoms with van der Waals surface area (Å²) in [5.74, 6) is -0.202. The Morgan fingerprint density at radius 2 is 1.95 bits per heavy atom. The Hall–Kier alpha value is -1.10. The topological polar surface area (TPSA) is 58.6 Å². The van der Waals surface area contributed by atoms with Gasteiger partial charge in [0.25, 0.3) is 0 Å². The zero-order chi connectivity index (χ0) is 14.7. The third-order valence-corrected chi connectivity index (χ3v) is 3.09. The molecular weight excluding hydrogens is 244 g/mol. The van der Waals surface area contributed by atoms with Crippen molar-refractivity contribution >= 4 is 11.9 Å². The molecule has 1 atom stereocenters. The number of esters is 1. The van der Waals surface area contributed by atoms with Gasteiger partial charge < -0.3 is 10.1 Å². The molecule has 0 aromatic carbocycles. The maximum absolute atomic E-state index is 11.8. The Balaban J connectivity index is 3.86. The van der Waals surface area contributed by atoms with E-state index in [9.17, 15) is 9.59 Å². The monoisotopic (exact) mass is 272 g/mol. The summed E-state index contributed by atoms with van der Waals surface area (Å²) in [4.78, 5) is 25.0. The maximum atomic E-state index is 11.8. The van der Waals surface area contributed by atoms with E-state index < -0.39 is 0 Å². The van der Waals surface area contributed by atoms with Crippen LogP contribution in [0.1, 0.15) is 46.5 Å². The highest BCUT2D eigenvalue weighted by molar-refractivity contribution is 5.81. The molecule has 0 aliphatic rings. The minimum Gasteiger partial charge on any atom is -0.466 e. The van der Waals surface area contributed by atoms with E-state index in [2.05, 4.69) is 12.2 Å². The number of amides is 1. The molecule has 0 bridgehead atoms. The van der Waals surface area contributed by atoms with E-state index in [1.54, 1.807) is 6.92 Å². The normalized spacial score (nSPS) is 12.3. The van der Waals surface area contributed by atoms with Crippen LogP contribution in [0, 0.1) is 0 Å². The highest BCUT2D eigenvalue weighted by Gasteiger charge is 2.18. The Morgan fingerprint density at radius 1 is 1.26 bits per heavy atom. The number of carbonyl (C=O) groups excluding carboxylic acids is 2. The first kappa shape index (κ1) is 17.9. The van der Waals surface area contributed by atoms with Crippen LogP contribution in [0.2, 0.25) is 0 Å². The minimum atomic E-state index is -0.226. The van der Waals surface area contributed by atoms with Gasteiger partial charge in [-0.15, -0.1) is 0 Å². The molecule has 19 heavy (non-hydrogen) atoms. The molecule has 1 unspecified atom stereocenters. The fourth-order valence-electron chi connectivity index (χ4n) is 1.63. The number of nitrogens with one attached hydrogen (secondary N) is 1. The Kier molecular flexibility index (Phi) is 10.2. The number of hydrogen-bond donors (Lipinski definition) is 1. The third-order valence-electron chi connectivity index (χ3n) is 3.09. The van der Waals surface area contributed by atoms with Crippen LogP contribution in [-0.2, 0) is 14.3 Å². The van der Waals surface area contributed by atoms with Gasteiger partial charge in [0.05, 0.1) is 19.1 Å². The van der Waals surface area contributed by atoms with Crippen molar-refractivity contribution in [1.82, 2.24) is 10.2 Å². The van der Waals surface area contributed by atoms with Gasteiger partial charge in [-0.2, -0.15) is 0 Å². The quantitative estimate of drug-likeness (QED) is 0.484. The van der Waals surface area contributed by atoms with Crippen molar-refractivity contribution in [2.75, 3.05) is 26.7 Å². The van der Waals surface area contributed by atoms with Crippen molar-refractivity contribution < 1.29 is 14.3 Å². The molecule has 0 fully saturated rings. The van der Waals surface area contributed by atoms with Crippen LogP contribution < -0.4 is 5.32 Å². The highest BCUT2D eigenvalue weighted by Crippen LogP contribution is 1.99. The number of rotatable bonds is 10. The summed E-state index contributed by atoms with van der Waals surface area (Å²) in [6.45, 7) is 7.42. The number of likely N-dealkylation sites (N-methyl/N-ethyl adjacent to an activating group) is 1. The van der Waals surface area contributed by atoms with E-state index in [0.717, 1.165) is 25.8 Å². The van der Waals surface area contributed by atoms with Gasteiger partial charge in [-0.1, -0.05) is 19.8 Å². The molecule has 0 heterocycles. The fraction of sp³-hybridized carbons (Fsp3) is 0.857. The second-order valence-corrected chi connectivity index (χ2v) is 4.71. The van der Waals surface area contributed by atoms with Crippen LogP contribution in [0.4, 0.5) is 0 Å². The summed E-state index contributed by atoms with van der Waals surface area (Å²) in [7, 11) is 1.84. The molecule has 0 aromatic heterocycles. The van der Waals surface area contributed by atoms with Crippen molar-refractivity contribution in [3.63, 3.8) is 0 Å². The lowest BCUT2D eigenvalue weighted by Gasteiger charge is -2.23. The molecule has 0 saturated carbocycles. The van der Waals surface area contributed by atoms with Gasteiger partial charge in [0.15, 0.2) is 0 Å². The molecule has 0 aromatic rings. The van der Waals surface area contributed by atoms with E-state index in [4.69, 9.17) is 4.74 Å². The summed E-state index contributed by atoms with van der Waals surface area (Å²) >= 11 is 0. The second kappa shape index (κ2) is 10.8. The standard InChI is InChI=1S/C14H28N2O3/c1-5-7-8-10-15-14(18)12(3)16(4)11-9-13(17)19-6-2/h12H,5-11H2,1-4H3,(H,15,18). The van der Waals surface area contributed by atoms with Gasteiger partial charge in [0.2, 0.25) is 5.91 Å². The van der Waals surface area contributed by atoms with Crippen LogP contribution in [0.3, 0.4) is 0 Å². The number of nitrogens with zero attached hydrogens (tertiary/aromatic N) is 1. The average molecular weight is 272 g/mol. The molecule has 5 nitrogen and oxygen atoms in total. The van der Waals surface area contributed by atoms with Crippen molar-refractivity contribution in [2.45, 2.75) is 52.5 Å². The summed E-state index contributed by atoms with van der Waals surface area (Å²) in [5, 5.41) is 2.91. The van der Waals surface area contributed by atoms with Gasteiger partial charge in [0.1, 0.15) is 0 Å². The van der Waals surface area contributed by atoms with Crippen LogP contribution in [-0.4, -0.2) is 49.6 Å². The lowest BCUT2D eigenvalue weighted by molar-refractivity contribution is -0.144. The minimum absolute atomic E-state index is 0.0162. The average Bonchev–Trinajstić information content (AvgIpc) is 2.40. The summed E-state index contributed by atoms with van der Waals surface area (Å²) in [6, 6.07) is -0.226. The number of unbranched alkanes of at least 4 members (excludes halogenated alkanes) is 2. The fourth-order valence-corrected chi connectivity index (χ4v) is 1.63. The van der Waals surface area contributed by atoms with E-state index in [1.807, 2.05) is 18.9 Å². The van der Waals surface area contributed by atoms with Crippen LogP contribution >= 0.6 is 0 Å². The molecule has 1 N–H and O–H groups in total. The molecule has 1 amide bonds. The van der Waals surface area contributed by atoms with E-state index in [1.165, 1.54) is 0 Å². The summed E-state index contributed by atoms with van der Waals surface area (Å²) in [5.41, 5.74) is 0. The maximum Gasteiger partial charge on any atom is 0.307 e. The molecule has 5 heteroatoms. The predicted octanol–water partition coefficient (Wildman–Crippen LogP) is 1.57. The molecule has 112 valence electrons.